The van der Waals surface area contributed by atoms with Crippen LogP contribution in [0.1, 0.15) is 17.1 Å². The monoisotopic (exact) mass is 291 g/mol. The first-order chi connectivity index (χ1) is 8.29. The lowest BCUT2D eigenvalue weighted by Crippen LogP contribution is -2.09. The van der Waals surface area contributed by atoms with Crippen molar-refractivity contribution in [3.8, 4) is 0 Å². The van der Waals surface area contributed by atoms with Gasteiger partial charge in [0.15, 0.2) is 0 Å². The van der Waals surface area contributed by atoms with Crippen molar-refractivity contribution in [1.29, 1.82) is 0 Å². The molecule has 0 radical (unpaired) electrons. The molecule has 0 aliphatic heterocycles. The lowest BCUT2D eigenvalue weighted by atomic mass is 10.1. The Balaban J connectivity index is 2.18. The summed E-state index contributed by atoms with van der Waals surface area (Å²) >= 11 is 3.54. The molecule has 0 saturated heterocycles. The molecule has 0 aliphatic carbocycles. The predicted octanol–water partition coefficient (Wildman–Crippen LogP) is 2.55. The van der Waals surface area contributed by atoms with Gasteiger partial charge in [0.2, 0.25) is 0 Å². The van der Waals surface area contributed by atoms with Gasteiger partial charge in [0.25, 0.3) is 0 Å². The van der Waals surface area contributed by atoms with E-state index >= 15 is 0 Å². The van der Waals surface area contributed by atoms with Crippen LogP contribution in [0.15, 0.2) is 41.0 Å². The second-order valence-corrected chi connectivity index (χ2v) is 4.62. The van der Waals surface area contributed by atoms with Crippen LogP contribution < -0.4 is 5.32 Å². The van der Waals surface area contributed by atoms with Crippen molar-refractivity contribution in [3.63, 3.8) is 0 Å². The van der Waals surface area contributed by atoms with E-state index in [2.05, 4.69) is 37.3 Å². The minimum absolute atomic E-state index is 0.749. The Kier molecular flexibility index (Phi) is 4.23. The highest BCUT2D eigenvalue weighted by Crippen LogP contribution is 2.18. The van der Waals surface area contributed by atoms with Gasteiger partial charge in [-0.1, -0.05) is 34.1 Å². The minimum atomic E-state index is 0.749. The van der Waals surface area contributed by atoms with Crippen LogP contribution in [0.3, 0.4) is 0 Å². The van der Waals surface area contributed by atoms with E-state index in [0.717, 1.165) is 29.0 Å². The van der Waals surface area contributed by atoms with Gasteiger partial charge in [0.1, 0.15) is 5.82 Å². The Hall–Kier alpha value is -1.26. The molecule has 0 bridgehead atoms. The van der Waals surface area contributed by atoms with Gasteiger partial charge in [0, 0.05) is 23.6 Å². The molecule has 1 heterocycles. The fourth-order valence-electron chi connectivity index (χ4n) is 1.62. The van der Waals surface area contributed by atoms with Gasteiger partial charge in [-0.15, -0.1) is 0 Å². The SMILES string of the molecule is CNCc1ccnc(Cc2ccccc2Br)n1. The number of hydrogen-bond donors (Lipinski definition) is 1. The molecule has 1 aromatic carbocycles. The Morgan fingerprint density at radius 3 is 2.82 bits per heavy atom. The summed E-state index contributed by atoms with van der Waals surface area (Å²) in [5, 5.41) is 3.09. The molecule has 2 rings (SSSR count). The molecule has 0 saturated carbocycles. The van der Waals surface area contributed by atoms with Gasteiger partial charge >= 0.3 is 0 Å². The highest BCUT2D eigenvalue weighted by atomic mass is 79.9. The van der Waals surface area contributed by atoms with Crippen LogP contribution in [0.4, 0.5) is 0 Å². The second kappa shape index (κ2) is 5.89. The third-order valence-electron chi connectivity index (χ3n) is 2.43. The molecule has 0 fully saturated rings. The third kappa shape index (κ3) is 3.35. The van der Waals surface area contributed by atoms with Crippen LogP contribution >= 0.6 is 15.9 Å². The summed E-state index contributed by atoms with van der Waals surface area (Å²) in [7, 11) is 1.91. The minimum Gasteiger partial charge on any atom is -0.314 e. The van der Waals surface area contributed by atoms with Crippen LogP contribution in [0.5, 0.6) is 0 Å². The molecule has 0 aliphatic rings. The number of halogens is 1. The first-order valence-electron chi connectivity index (χ1n) is 5.48. The lowest BCUT2D eigenvalue weighted by molar-refractivity contribution is 0.772. The number of nitrogens with zero attached hydrogens (tertiary/aromatic N) is 2. The van der Waals surface area contributed by atoms with E-state index in [0.29, 0.717) is 0 Å². The molecule has 17 heavy (non-hydrogen) atoms. The van der Waals surface area contributed by atoms with Crippen LogP contribution in [0.25, 0.3) is 0 Å². The topological polar surface area (TPSA) is 37.8 Å². The third-order valence-corrected chi connectivity index (χ3v) is 3.20. The number of aromatic nitrogens is 2. The van der Waals surface area contributed by atoms with Crippen molar-refractivity contribution >= 4 is 15.9 Å². The summed E-state index contributed by atoms with van der Waals surface area (Å²) in [6.07, 6.45) is 2.56. The van der Waals surface area contributed by atoms with E-state index in [4.69, 9.17) is 0 Å². The van der Waals surface area contributed by atoms with Gasteiger partial charge in [0.05, 0.1) is 5.69 Å². The molecule has 3 nitrogen and oxygen atoms in total. The van der Waals surface area contributed by atoms with Crippen molar-refractivity contribution < 1.29 is 0 Å². The Labute approximate surface area is 109 Å². The Bertz CT molecular complexity index is 500. The molecule has 88 valence electrons. The van der Waals surface area contributed by atoms with Crippen LogP contribution in [0.2, 0.25) is 0 Å². The zero-order valence-electron chi connectivity index (χ0n) is 9.65. The number of rotatable bonds is 4. The molecule has 0 amide bonds. The Morgan fingerprint density at radius 2 is 2.06 bits per heavy atom. The molecule has 0 spiro atoms. The largest absolute Gasteiger partial charge is 0.314 e. The van der Waals surface area contributed by atoms with Gasteiger partial charge in [-0.3, -0.25) is 0 Å². The average molecular weight is 292 g/mol. The van der Waals surface area contributed by atoms with E-state index in [1.165, 1.54) is 5.56 Å². The van der Waals surface area contributed by atoms with Crippen molar-refractivity contribution in [3.05, 3.63) is 58.1 Å². The summed E-state index contributed by atoms with van der Waals surface area (Å²) in [6.45, 7) is 0.769. The van der Waals surface area contributed by atoms with Crippen LogP contribution in [0, 0.1) is 0 Å². The van der Waals surface area contributed by atoms with Crippen molar-refractivity contribution in [2.24, 2.45) is 0 Å². The van der Waals surface area contributed by atoms with Crippen molar-refractivity contribution in [1.82, 2.24) is 15.3 Å². The average Bonchev–Trinajstić information content (AvgIpc) is 2.33. The molecule has 1 N–H and O–H groups in total. The molecule has 0 unspecified atom stereocenters. The first kappa shape index (κ1) is 12.2. The van der Waals surface area contributed by atoms with Gasteiger partial charge in [-0.25, -0.2) is 9.97 Å². The smallest absolute Gasteiger partial charge is 0.132 e. The van der Waals surface area contributed by atoms with Crippen LogP contribution in [-0.2, 0) is 13.0 Å². The molecule has 4 heteroatoms. The van der Waals surface area contributed by atoms with E-state index in [1.54, 1.807) is 0 Å². The second-order valence-electron chi connectivity index (χ2n) is 3.76. The maximum absolute atomic E-state index is 4.50. The fourth-order valence-corrected chi connectivity index (χ4v) is 2.04. The maximum Gasteiger partial charge on any atom is 0.132 e. The lowest BCUT2D eigenvalue weighted by Gasteiger charge is -2.05. The van der Waals surface area contributed by atoms with Crippen LogP contribution in [-0.4, -0.2) is 17.0 Å². The first-order valence-corrected chi connectivity index (χ1v) is 6.27. The molecule has 0 atom stereocenters. The van der Waals surface area contributed by atoms with E-state index in [1.807, 2.05) is 37.5 Å². The normalized spacial score (nSPS) is 10.5. The summed E-state index contributed by atoms with van der Waals surface area (Å²) in [6, 6.07) is 10.1. The van der Waals surface area contributed by atoms with Gasteiger partial charge < -0.3 is 5.32 Å². The maximum atomic E-state index is 4.50. The van der Waals surface area contributed by atoms with Gasteiger partial charge in [-0.05, 0) is 24.7 Å². The quantitative estimate of drug-likeness (QED) is 0.941. The molecule has 2 aromatic rings. The van der Waals surface area contributed by atoms with Crippen molar-refractivity contribution in [2.45, 2.75) is 13.0 Å². The standard InChI is InChI=1S/C13H14BrN3/c1-15-9-11-6-7-16-13(17-11)8-10-4-2-3-5-12(10)14/h2-7,15H,8-9H2,1H3. The van der Waals surface area contributed by atoms with E-state index < -0.39 is 0 Å². The zero-order valence-corrected chi connectivity index (χ0v) is 11.2. The molecular weight excluding hydrogens is 278 g/mol. The van der Waals surface area contributed by atoms with Crippen molar-refractivity contribution in [2.75, 3.05) is 7.05 Å². The molecule has 1 aromatic heterocycles. The fraction of sp³-hybridized carbons (Fsp3) is 0.231. The van der Waals surface area contributed by atoms with E-state index in [-0.39, 0.29) is 0 Å². The molecular formula is C13H14BrN3. The summed E-state index contributed by atoms with van der Waals surface area (Å²) in [4.78, 5) is 8.80. The summed E-state index contributed by atoms with van der Waals surface area (Å²) in [5.41, 5.74) is 2.22. The number of hydrogen-bond acceptors (Lipinski definition) is 3. The summed E-state index contributed by atoms with van der Waals surface area (Å²) in [5.74, 6) is 0.852. The number of nitrogens with one attached hydrogen (secondary N) is 1. The zero-order chi connectivity index (χ0) is 12.1. The van der Waals surface area contributed by atoms with E-state index in [9.17, 15) is 0 Å². The highest BCUT2D eigenvalue weighted by Gasteiger charge is 2.03. The Morgan fingerprint density at radius 1 is 1.24 bits per heavy atom. The predicted molar refractivity (Wildman–Crippen MR) is 71.7 cm³/mol. The van der Waals surface area contributed by atoms with Gasteiger partial charge in [-0.2, -0.15) is 0 Å². The summed E-state index contributed by atoms with van der Waals surface area (Å²) < 4.78 is 1.10. The number of benzene rings is 1. The highest BCUT2D eigenvalue weighted by molar-refractivity contribution is 9.10.